The number of esters is 1. The first-order valence-electron chi connectivity index (χ1n) is 9.34. The van der Waals surface area contributed by atoms with Crippen molar-refractivity contribution < 1.29 is 27.1 Å². The number of halogens is 4. The van der Waals surface area contributed by atoms with E-state index in [-0.39, 0.29) is 5.82 Å². The first kappa shape index (κ1) is 20.7. The van der Waals surface area contributed by atoms with Crippen LogP contribution < -0.4 is 0 Å². The van der Waals surface area contributed by atoms with Gasteiger partial charge in [0.25, 0.3) is 0 Å². The Morgan fingerprint density at radius 2 is 1.85 bits per heavy atom. The minimum atomic E-state index is -4.93. The van der Waals surface area contributed by atoms with Gasteiger partial charge in [0.1, 0.15) is 11.9 Å². The lowest BCUT2D eigenvalue weighted by atomic mass is 9.83. The van der Waals surface area contributed by atoms with E-state index < -0.39 is 18.2 Å². The second kappa shape index (κ2) is 9.38. The molecule has 1 fully saturated rings. The monoisotopic (exact) mass is 374 g/mol. The number of hydrogen-bond donors (Lipinski definition) is 0. The van der Waals surface area contributed by atoms with E-state index in [1.165, 1.54) is 0 Å². The number of carbonyl (C=O) groups is 1. The summed E-state index contributed by atoms with van der Waals surface area (Å²) in [5.41, 5.74) is 1.70. The fourth-order valence-corrected chi connectivity index (χ4v) is 3.45. The number of carbonyl (C=O) groups excluding carboxylic acids is 1. The average molecular weight is 374 g/mol. The van der Waals surface area contributed by atoms with Crippen LogP contribution in [0.3, 0.4) is 0 Å². The molecule has 0 atom stereocenters. The summed E-state index contributed by atoms with van der Waals surface area (Å²) in [6.07, 6.45) is 1.10. The van der Waals surface area contributed by atoms with Crippen LogP contribution in [0, 0.1) is 11.7 Å². The molecule has 0 aromatic heterocycles. The zero-order valence-electron chi connectivity index (χ0n) is 15.1. The van der Waals surface area contributed by atoms with Gasteiger partial charge in [-0.05, 0) is 74.5 Å². The third-order valence-electron chi connectivity index (χ3n) is 5.06. The molecule has 0 radical (unpaired) electrons. The van der Waals surface area contributed by atoms with Crippen molar-refractivity contribution in [2.45, 2.75) is 77.0 Å². The fraction of sp³-hybridized carbons (Fsp3) is 0.650. The third kappa shape index (κ3) is 6.29. The van der Waals surface area contributed by atoms with Crippen LogP contribution in [0.4, 0.5) is 17.6 Å². The van der Waals surface area contributed by atoms with Gasteiger partial charge in [0, 0.05) is 0 Å². The minimum Gasteiger partial charge on any atom is -0.456 e. The summed E-state index contributed by atoms with van der Waals surface area (Å²) < 4.78 is 55.3. The van der Waals surface area contributed by atoms with E-state index in [1.54, 1.807) is 6.07 Å². The molecule has 1 aromatic carbocycles. The first-order chi connectivity index (χ1) is 12.3. The molecule has 26 heavy (non-hydrogen) atoms. The molecule has 0 aliphatic heterocycles. The van der Waals surface area contributed by atoms with Crippen molar-refractivity contribution in [3.63, 3.8) is 0 Å². The molecule has 2 rings (SSSR count). The minimum absolute atomic E-state index is 0.175. The van der Waals surface area contributed by atoms with Crippen molar-refractivity contribution >= 4 is 5.97 Å². The molecule has 0 heterocycles. The topological polar surface area (TPSA) is 26.3 Å². The number of rotatable bonds is 7. The molecule has 1 aliphatic rings. The predicted octanol–water partition coefficient (Wildman–Crippen LogP) is 5.77. The van der Waals surface area contributed by atoms with E-state index in [0.717, 1.165) is 31.2 Å². The fourth-order valence-electron chi connectivity index (χ4n) is 3.45. The van der Waals surface area contributed by atoms with Crippen LogP contribution in [0.1, 0.15) is 63.0 Å². The van der Waals surface area contributed by atoms with Crippen molar-refractivity contribution in [1.82, 2.24) is 0 Å². The lowest BCUT2D eigenvalue weighted by Gasteiger charge is -2.28. The number of aryl methyl sites for hydroxylation is 2. The van der Waals surface area contributed by atoms with Crippen LogP contribution in [0.25, 0.3) is 0 Å². The smallest absolute Gasteiger partial charge is 0.456 e. The van der Waals surface area contributed by atoms with Crippen molar-refractivity contribution in [1.29, 1.82) is 0 Å². The van der Waals surface area contributed by atoms with Gasteiger partial charge >= 0.3 is 12.1 Å². The number of alkyl halides is 3. The molecule has 0 saturated heterocycles. The highest BCUT2D eigenvalue weighted by Crippen LogP contribution is 2.31. The molecule has 0 amide bonds. The Bertz CT molecular complexity index is 590. The van der Waals surface area contributed by atoms with E-state index in [9.17, 15) is 22.4 Å². The van der Waals surface area contributed by atoms with Gasteiger partial charge in [0.05, 0.1) is 0 Å². The number of unbranched alkanes of at least 4 members (excludes halogenated alkanes) is 1. The van der Waals surface area contributed by atoms with Gasteiger partial charge in [-0.3, -0.25) is 0 Å². The van der Waals surface area contributed by atoms with Crippen LogP contribution in [0.2, 0.25) is 0 Å². The molecule has 146 valence electrons. The Morgan fingerprint density at radius 3 is 2.42 bits per heavy atom. The van der Waals surface area contributed by atoms with Crippen LogP contribution in [0.5, 0.6) is 0 Å². The van der Waals surface area contributed by atoms with Crippen LogP contribution in [0.15, 0.2) is 18.2 Å². The molecule has 0 unspecified atom stereocenters. The zero-order chi connectivity index (χ0) is 19.2. The largest absolute Gasteiger partial charge is 0.490 e. The number of ether oxygens (including phenoxy) is 1. The maximum absolute atomic E-state index is 14.2. The molecule has 2 nitrogen and oxygen atoms in total. The molecule has 1 aromatic rings. The summed E-state index contributed by atoms with van der Waals surface area (Å²) in [6.45, 7) is 2.10. The average Bonchev–Trinajstić information content (AvgIpc) is 2.59. The van der Waals surface area contributed by atoms with Crippen LogP contribution >= 0.6 is 0 Å². The van der Waals surface area contributed by atoms with E-state index in [4.69, 9.17) is 0 Å². The standard InChI is InChI=1S/C20H26F4O2/c1-2-3-4-15-6-10-16(18(21)13-15)9-5-14-7-11-17(12-8-14)26-19(25)20(22,23)24/h6,10,13-14,17H,2-5,7-9,11-12H2,1H3. The van der Waals surface area contributed by atoms with Crippen molar-refractivity contribution in [2.24, 2.45) is 5.92 Å². The van der Waals surface area contributed by atoms with Gasteiger partial charge in [-0.15, -0.1) is 0 Å². The van der Waals surface area contributed by atoms with Gasteiger partial charge in [-0.1, -0.05) is 25.5 Å². The number of hydrogen-bond acceptors (Lipinski definition) is 2. The molecule has 0 bridgehead atoms. The Kier molecular flexibility index (Phi) is 7.47. The van der Waals surface area contributed by atoms with Crippen molar-refractivity contribution in [2.75, 3.05) is 0 Å². The van der Waals surface area contributed by atoms with E-state index in [0.29, 0.717) is 43.6 Å². The SMILES string of the molecule is CCCCc1ccc(CCC2CCC(OC(=O)C(F)(F)F)CC2)c(F)c1. The second-order valence-electron chi connectivity index (χ2n) is 7.11. The highest BCUT2D eigenvalue weighted by Gasteiger charge is 2.42. The summed E-state index contributed by atoms with van der Waals surface area (Å²) in [4.78, 5) is 10.9. The summed E-state index contributed by atoms with van der Waals surface area (Å²) >= 11 is 0. The lowest BCUT2D eigenvalue weighted by Crippen LogP contribution is -2.32. The van der Waals surface area contributed by atoms with Crippen molar-refractivity contribution in [3.05, 3.63) is 35.1 Å². The molecular weight excluding hydrogens is 348 g/mol. The molecule has 1 saturated carbocycles. The third-order valence-corrected chi connectivity index (χ3v) is 5.06. The molecular formula is C20H26F4O2. The summed E-state index contributed by atoms with van der Waals surface area (Å²) in [5, 5.41) is 0. The van der Waals surface area contributed by atoms with Crippen molar-refractivity contribution in [3.8, 4) is 0 Å². The number of benzene rings is 1. The van der Waals surface area contributed by atoms with E-state index in [2.05, 4.69) is 11.7 Å². The highest BCUT2D eigenvalue weighted by molar-refractivity contribution is 5.75. The van der Waals surface area contributed by atoms with Gasteiger partial charge in [0.2, 0.25) is 0 Å². The molecule has 1 aliphatic carbocycles. The Hall–Kier alpha value is -1.59. The molecule has 0 spiro atoms. The Balaban J connectivity index is 1.75. The molecule has 6 heteroatoms. The predicted molar refractivity (Wildman–Crippen MR) is 91.2 cm³/mol. The maximum atomic E-state index is 14.2. The molecule has 0 N–H and O–H groups in total. The second-order valence-corrected chi connectivity index (χ2v) is 7.11. The van der Waals surface area contributed by atoms with Crippen LogP contribution in [-0.4, -0.2) is 18.2 Å². The normalized spacial score (nSPS) is 20.8. The van der Waals surface area contributed by atoms with Gasteiger partial charge < -0.3 is 4.74 Å². The first-order valence-corrected chi connectivity index (χ1v) is 9.34. The lowest BCUT2D eigenvalue weighted by molar-refractivity contribution is -0.206. The maximum Gasteiger partial charge on any atom is 0.490 e. The van der Waals surface area contributed by atoms with E-state index >= 15 is 0 Å². The zero-order valence-corrected chi connectivity index (χ0v) is 15.1. The summed E-state index contributed by atoms with van der Waals surface area (Å²) in [6, 6.07) is 5.43. The van der Waals surface area contributed by atoms with E-state index in [1.807, 2.05) is 12.1 Å². The summed E-state index contributed by atoms with van der Waals surface area (Å²) in [5.74, 6) is -1.95. The quantitative estimate of drug-likeness (QED) is 0.448. The Labute approximate surface area is 151 Å². The Morgan fingerprint density at radius 1 is 1.15 bits per heavy atom. The van der Waals surface area contributed by atoms with Gasteiger partial charge in [-0.2, -0.15) is 13.2 Å². The van der Waals surface area contributed by atoms with Gasteiger partial charge in [0.15, 0.2) is 0 Å². The highest BCUT2D eigenvalue weighted by atomic mass is 19.4. The summed E-state index contributed by atoms with van der Waals surface area (Å²) in [7, 11) is 0. The van der Waals surface area contributed by atoms with Crippen LogP contribution in [-0.2, 0) is 22.4 Å². The van der Waals surface area contributed by atoms with Gasteiger partial charge in [-0.25, -0.2) is 9.18 Å².